The standard InChI is InChI=1S/C23H20FN5O/c24-19-3-1-2-18-20-13-26-14-29(20)22(21(18)19)16-8-10-28(11-9-16)23(30)27-17-6-4-15(12-25)5-7-17/h1-7,13-14,16,22H,8-11H2,(H,27,30). The summed E-state index contributed by atoms with van der Waals surface area (Å²) >= 11 is 0. The summed E-state index contributed by atoms with van der Waals surface area (Å²) in [5.74, 6) is 0.0530. The quantitative estimate of drug-likeness (QED) is 0.691. The van der Waals surface area contributed by atoms with E-state index in [-0.39, 0.29) is 23.8 Å². The molecule has 0 saturated carbocycles. The van der Waals surface area contributed by atoms with Gasteiger partial charge in [0.1, 0.15) is 5.82 Å². The number of fused-ring (bicyclic) bond motifs is 3. The Morgan fingerprint density at radius 3 is 2.67 bits per heavy atom. The molecule has 7 heteroatoms. The van der Waals surface area contributed by atoms with Crippen LogP contribution in [0.4, 0.5) is 14.9 Å². The van der Waals surface area contributed by atoms with Gasteiger partial charge < -0.3 is 14.8 Å². The van der Waals surface area contributed by atoms with Gasteiger partial charge in [0.05, 0.1) is 35.9 Å². The summed E-state index contributed by atoms with van der Waals surface area (Å²) in [5.41, 5.74) is 3.83. The van der Waals surface area contributed by atoms with E-state index in [1.165, 1.54) is 6.07 Å². The number of urea groups is 1. The Hall–Kier alpha value is -3.66. The number of likely N-dealkylation sites (tertiary alicyclic amines) is 1. The summed E-state index contributed by atoms with van der Waals surface area (Å²) in [6.45, 7) is 1.22. The number of hydrogen-bond donors (Lipinski definition) is 1. The van der Waals surface area contributed by atoms with Crippen LogP contribution in [0.1, 0.15) is 30.0 Å². The van der Waals surface area contributed by atoms with E-state index in [9.17, 15) is 9.18 Å². The highest BCUT2D eigenvalue weighted by Gasteiger charge is 2.38. The third kappa shape index (κ3) is 3.01. The molecule has 1 unspecified atom stereocenters. The highest BCUT2D eigenvalue weighted by molar-refractivity contribution is 5.89. The van der Waals surface area contributed by atoms with Crippen LogP contribution in [0.15, 0.2) is 55.0 Å². The largest absolute Gasteiger partial charge is 0.325 e. The van der Waals surface area contributed by atoms with Gasteiger partial charge >= 0.3 is 6.03 Å². The first-order chi connectivity index (χ1) is 14.7. The minimum atomic E-state index is -0.179. The van der Waals surface area contributed by atoms with Gasteiger partial charge in [0.2, 0.25) is 0 Å². The summed E-state index contributed by atoms with van der Waals surface area (Å²) in [6.07, 6.45) is 5.15. The van der Waals surface area contributed by atoms with E-state index >= 15 is 0 Å². The number of nitrogens with one attached hydrogen (secondary N) is 1. The van der Waals surface area contributed by atoms with Crippen molar-refractivity contribution in [1.82, 2.24) is 14.5 Å². The predicted octanol–water partition coefficient (Wildman–Crippen LogP) is 4.41. The van der Waals surface area contributed by atoms with Gasteiger partial charge in [0.25, 0.3) is 0 Å². The number of carbonyl (C=O) groups is 1. The fourth-order valence-corrected chi connectivity index (χ4v) is 4.65. The van der Waals surface area contributed by atoms with Crippen LogP contribution in [0.2, 0.25) is 0 Å². The van der Waals surface area contributed by atoms with Gasteiger partial charge in [-0.1, -0.05) is 12.1 Å². The van der Waals surface area contributed by atoms with Crippen molar-refractivity contribution in [2.24, 2.45) is 5.92 Å². The molecule has 1 atom stereocenters. The highest BCUT2D eigenvalue weighted by atomic mass is 19.1. The van der Waals surface area contributed by atoms with E-state index in [0.29, 0.717) is 24.3 Å². The second-order valence-corrected chi connectivity index (χ2v) is 7.78. The fraction of sp³-hybridized carbons (Fsp3) is 0.261. The zero-order chi connectivity index (χ0) is 20.7. The highest BCUT2D eigenvalue weighted by Crippen LogP contribution is 2.46. The monoisotopic (exact) mass is 401 g/mol. The normalized spacial score (nSPS) is 17.9. The molecule has 1 N–H and O–H groups in total. The number of nitrogens with zero attached hydrogens (tertiary/aromatic N) is 4. The molecule has 0 radical (unpaired) electrons. The molecule has 6 nitrogen and oxygen atoms in total. The number of nitriles is 1. The maximum Gasteiger partial charge on any atom is 0.321 e. The second kappa shape index (κ2) is 7.30. The molecule has 0 bridgehead atoms. The number of aromatic nitrogens is 2. The molecule has 2 aliphatic rings. The number of carbonyl (C=O) groups excluding carboxylic acids is 1. The molecule has 1 fully saturated rings. The van der Waals surface area contributed by atoms with Crippen molar-refractivity contribution in [2.45, 2.75) is 18.9 Å². The van der Waals surface area contributed by atoms with Crippen LogP contribution in [0.3, 0.4) is 0 Å². The Balaban J connectivity index is 1.29. The van der Waals surface area contributed by atoms with Crippen molar-refractivity contribution < 1.29 is 9.18 Å². The van der Waals surface area contributed by atoms with E-state index in [4.69, 9.17) is 5.26 Å². The number of anilines is 1. The first-order valence-electron chi connectivity index (χ1n) is 10.0. The van der Waals surface area contributed by atoms with Crippen LogP contribution < -0.4 is 5.32 Å². The molecular weight excluding hydrogens is 381 g/mol. The van der Waals surface area contributed by atoms with Gasteiger partial charge in [-0.05, 0) is 49.1 Å². The lowest BCUT2D eigenvalue weighted by Gasteiger charge is -2.35. The van der Waals surface area contributed by atoms with Crippen molar-refractivity contribution in [3.8, 4) is 17.3 Å². The minimum Gasteiger partial charge on any atom is -0.325 e. The van der Waals surface area contributed by atoms with Gasteiger partial charge in [-0.3, -0.25) is 0 Å². The zero-order valence-electron chi connectivity index (χ0n) is 16.3. The Kier molecular flexibility index (Phi) is 4.47. The number of rotatable bonds is 2. The Bertz CT molecular complexity index is 1140. The molecule has 150 valence electrons. The lowest BCUT2D eigenvalue weighted by Crippen LogP contribution is -2.42. The van der Waals surface area contributed by atoms with Crippen LogP contribution in [0.5, 0.6) is 0 Å². The first kappa shape index (κ1) is 18.4. The topological polar surface area (TPSA) is 74.0 Å². The molecule has 3 aromatic rings. The molecule has 2 amide bonds. The van der Waals surface area contributed by atoms with E-state index in [1.807, 2.05) is 6.07 Å². The minimum absolute atomic E-state index is 0.0811. The predicted molar refractivity (Wildman–Crippen MR) is 110 cm³/mol. The molecule has 0 aliphatic carbocycles. The SMILES string of the molecule is N#Cc1ccc(NC(=O)N2CCC(C3c4c(F)cccc4-c4cncn43)CC2)cc1. The fourth-order valence-electron chi connectivity index (χ4n) is 4.65. The smallest absolute Gasteiger partial charge is 0.321 e. The van der Waals surface area contributed by atoms with Crippen molar-refractivity contribution in [3.05, 3.63) is 71.9 Å². The van der Waals surface area contributed by atoms with Crippen molar-refractivity contribution in [2.75, 3.05) is 18.4 Å². The molecule has 1 saturated heterocycles. The molecule has 2 aromatic carbocycles. The van der Waals surface area contributed by atoms with Crippen molar-refractivity contribution >= 4 is 11.7 Å². The maximum absolute atomic E-state index is 14.7. The molecule has 2 aliphatic heterocycles. The van der Waals surface area contributed by atoms with Gasteiger partial charge in [-0.15, -0.1) is 0 Å². The third-order valence-electron chi connectivity index (χ3n) is 6.13. The van der Waals surface area contributed by atoms with Crippen LogP contribution in [0.25, 0.3) is 11.3 Å². The van der Waals surface area contributed by atoms with E-state index < -0.39 is 0 Å². The van der Waals surface area contributed by atoms with Crippen LogP contribution in [-0.4, -0.2) is 33.6 Å². The number of piperidine rings is 1. The van der Waals surface area contributed by atoms with Crippen LogP contribution in [-0.2, 0) is 0 Å². The van der Waals surface area contributed by atoms with E-state index in [2.05, 4.69) is 20.9 Å². The van der Waals surface area contributed by atoms with Crippen molar-refractivity contribution in [1.29, 1.82) is 5.26 Å². The molecule has 3 heterocycles. The average molecular weight is 401 g/mol. The van der Waals surface area contributed by atoms with Crippen LogP contribution >= 0.6 is 0 Å². The second-order valence-electron chi connectivity index (χ2n) is 7.78. The third-order valence-corrected chi connectivity index (χ3v) is 6.13. The van der Waals surface area contributed by atoms with Gasteiger partial charge in [0.15, 0.2) is 0 Å². The zero-order valence-corrected chi connectivity index (χ0v) is 16.3. The summed E-state index contributed by atoms with van der Waals surface area (Å²) in [5, 5.41) is 11.8. The number of hydrogen-bond acceptors (Lipinski definition) is 3. The first-order valence-corrected chi connectivity index (χ1v) is 10.0. The Morgan fingerprint density at radius 1 is 1.17 bits per heavy atom. The number of benzene rings is 2. The molecule has 0 spiro atoms. The van der Waals surface area contributed by atoms with E-state index in [1.54, 1.807) is 47.8 Å². The lowest BCUT2D eigenvalue weighted by molar-refractivity contribution is 0.169. The average Bonchev–Trinajstić information content (AvgIpc) is 3.36. The summed E-state index contributed by atoms with van der Waals surface area (Å²) < 4.78 is 16.8. The Morgan fingerprint density at radius 2 is 1.93 bits per heavy atom. The molecular formula is C23H20FN5O. The van der Waals surface area contributed by atoms with Gasteiger partial charge in [0, 0.05) is 29.9 Å². The number of amides is 2. The molecule has 30 heavy (non-hydrogen) atoms. The van der Waals surface area contributed by atoms with Gasteiger partial charge in [-0.2, -0.15) is 5.26 Å². The molecule has 5 rings (SSSR count). The van der Waals surface area contributed by atoms with E-state index in [0.717, 1.165) is 29.7 Å². The maximum atomic E-state index is 14.7. The summed E-state index contributed by atoms with van der Waals surface area (Å²) in [4.78, 5) is 18.7. The number of halogens is 1. The number of imidazole rings is 1. The van der Waals surface area contributed by atoms with Gasteiger partial charge in [-0.25, -0.2) is 14.2 Å². The summed E-state index contributed by atoms with van der Waals surface area (Å²) in [7, 11) is 0. The Labute approximate surface area is 173 Å². The lowest BCUT2D eigenvalue weighted by atomic mass is 9.85. The summed E-state index contributed by atoms with van der Waals surface area (Å²) in [6, 6.07) is 13.8. The van der Waals surface area contributed by atoms with Crippen LogP contribution in [0, 0.1) is 23.1 Å². The van der Waals surface area contributed by atoms with Crippen molar-refractivity contribution in [3.63, 3.8) is 0 Å². The molecule has 1 aromatic heterocycles.